The van der Waals surface area contributed by atoms with Crippen molar-refractivity contribution in [3.63, 3.8) is 0 Å². The second-order valence-electron chi connectivity index (χ2n) is 5.06. The molecule has 1 amide bonds. The highest BCUT2D eigenvalue weighted by Crippen LogP contribution is 2.26. The number of aliphatic hydroxyl groups excluding tert-OH is 1. The number of ether oxygens (including phenoxy) is 1. The molecule has 7 heteroatoms. The van der Waals surface area contributed by atoms with E-state index < -0.39 is 17.9 Å². The maximum atomic E-state index is 12.3. The van der Waals surface area contributed by atoms with E-state index in [0.717, 1.165) is 5.56 Å². The normalized spacial score (nSPS) is 13.0. The number of anilines is 1. The summed E-state index contributed by atoms with van der Waals surface area (Å²) in [7, 11) is 1.56. The van der Waals surface area contributed by atoms with Gasteiger partial charge in [-0.2, -0.15) is 5.26 Å². The lowest BCUT2D eigenvalue weighted by Crippen LogP contribution is -2.27. The largest absolute Gasteiger partial charge is 0.496 e. The van der Waals surface area contributed by atoms with Crippen LogP contribution in [0.25, 0.3) is 0 Å². The third kappa shape index (κ3) is 3.49. The summed E-state index contributed by atoms with van der Waals surface area (Å²) in [6, 6.07) is 6.92. The fourth-order valence-electron chi connectivity index (χ4n) is 2.22. The van der Waals surface area contributed by atoms with Crippen molar-refractivity contribution < 1.29 is 19.2 Å². The van der Waals surface area contributed by atoms with E-state index in [1.165, 1.54) is 6.20 Å². The Morgan fingerprint density at radius 3 is 2.74 bits per heavy atom. The number of nitrogens with one attached hydrogen (secondary N) is 1. The van der Waals surface area contributed by atoms with Crippen molar-refractivity contribution in [3.8, 4) is 11.8 Å². The lowest BCUT2D eigenvalue weighted by molar-refractivity contribution is -0.121. The highest BCUT2D eigenvalue weighted by atomic mass is 16.5. The molecule has 23 heavy (non-hydrogen) atoms. The molecule has 0 aliphatic heterocycles. The van der Waals surface area contributed by atoms with E-state index in [4.69, 9.17) is 9.26 Å². The third-order valence-corrected chi connectivity index (χ3v) is 3.51. The van der Waals surface area contributed by atoms with E-state index in [1.807, 2.05) is 13.0 Å². The van der Waals surface area contributed by atoms with Gasteiger partial charge in [0.15, 0.2) is 5.92 Å². The van der Waals surface area contributed by atoms with Crippen molar-refractivity contribution >= 4 is 11.6 Å². The quantitative estimate of drug-likeness (QED) is 0.874. The second kappa shape index (κ2) is 6.94. The van der Waals surface area contributed by atoms with Crippen LogP contribution in [-0.2, 0) is 4.79 Å². The fourth-order valence-corrected chi connectivity index (χ4v) is 2.22. The maximum absolute atomic E-state index is 12.3. The van der Waals surface area contributed by atoms with E-state index in [2.05, 4.69) is 10.5 Å². The van der Waals surface area contributed by atoms with Gasteiger partial charge in [-0.3, -0.25) is 4.79 Å². The minimum absolute atomic E-state index is 0.317. The average molecular weight is 315 g/mol. The summed E-state index contributed by atoms with van der Waals surface area (Å²) in [5, 5.41) is 25.6. The molecule has 0 aliphatic rings. The molecule has 0 bridgehead atoms. The van der Waals surface area contributed by atoms with Crippen molar-refractivity contribution in [1.82, 2.24) is 5.16 Å². The van der Waals surface area contributed by atoms with Crippen molar-refractivity contribution in [2.45, 2.75) is 20.0 Å². The molecular formula is C16H17N3O4. The number of hydrogen-bond acceptors (Lipinski definition) is 6. The predicted octanol–water partition coefficient (Wildman–Crippen LogP) is 2.11. The third-order valence-electron chi connectivity index (χ3n) is 3.51. The molecule has 2 unspecified atom stereocenters. The Balaban J connectivity index is 2.16. The van der Waals surface area contributed by atoms with E-state index in [1.54, 1.807) is 32.2 Å². The summed E-state index contributed by atoms with van der Waals surface area (Å²) >= 11 is 0. The van der Waals surface area contributed by atoms with Crippen molar-refractivity contribution in [2.24, 2.45) is 5.92 Å². The molecule has 1 heterocycles. The number of aliphatic hydroxyl groups is 1. The molecule has 0 spiro atoms. The molecule has 0 fully saturated rings. The Kier molecular flexibility index (Phi) is 4.98. The van der Waals surface area contributed by atoms with Crippen LogP contribution in [0.5, 0.6) is 5.75 Å². The summed E-state index contributed by atoms with van der Waals surface area (Å²) < 4.78 is 10.0. The molecule has 120 valence electrons. The molecule has 1 aromatic carbocycles. The summed E-state index contributed by atoms with van der Waals surface area (Å²) in [5.41, 5.74) is 1.68. The zero-order valence-corrected chi connectivity index (χ0v) is 13.0. The smallest absolute Gasteiger partial charge is 0.244 e. The summed E-state index contributed by atoms with van der Waals surface area (Å²) in [4.78, 5) is 12.3. The molecule has 2 rings (SSSR count). The minimum atomic E-state index is -1.31. The van der Waals surface area contributed by atoms with Gasteiger partial charge in [-0.1, -0.05) is 5.16 Å². The van der Waals surface area contributed by atoms with E-state index in [0.29, 0.717) is 22.8 Å². The first kappa shape index (κ1) is 16.5. The van der Waals surface area contributed by atoms with Crippen molar-refractivity contribution in [1.29, 1.82) is 5.26 Å². The number of carbonyl (C=O) groups excluding carboxylic acids is 1. The summed E-state index contributed by atoms with van der Waals surface area (Å²) in [6.45, 7) is 3.44. The van der Waals surface area contributed by atoms with Gasteiger partial charge < -0.3 is 19.7 Å². The Labute approximate surface area is 133 Å². The Morgan fingerprint density at radius 2 is 2.22 bits per heavy atom. The number of carbonyl (C=O) groups is 1. The van der Waals surface area contributed by atoms with Crippen LogP contribution in [0.4, 0.5) is 5.69 Å². The minimum Gasteiger partial charge on any atom is -0.496 e. The first-order valence-corrected chi connectivity index (χ1v) is 6.92. The van der Waals surface area contributed by atoms with Crippen LogP contribution in [-0.4, -0.2) is 23.3 Å². The molecule has 0 saturated heterocycles. The first-order chi connectivity index (χ1) is 11.0. The molecule has 0 saturated carbocycles. The van der Waals surface area contributed by atoms with Gasteiger partial charge in [-0.05, 0) is 37.6 Å². The van der Waals surface area contributed by atoms with Crippen LogP contribution in [0.2, 0.25) is 0 Å². The number of amides is 1. The second-order valence-corrected chi connectivity index (χ2v) is 5.06. The van der Waals surface area contributed by atoms with Gasteiger partial charge in [-0.15, -0.1) is 0 Å². The first-order valence-electron chi connectivity index (χ1n) is 6.92. The molecule has 0 radical (unpaired) electrons. The molecule has 2 aromatic rings. The Morgan fingerprint density at radius 1 is 1.48 bits per heavy atom. The summed E-state index contributed by atoms with van der Waals surface area (Å²) in [6.07, 6.45) is -0.0135. The molecule has 0 aliphatic carbocycles. The number of nitriles is 1. The molecule has 1 aromatic heterocycles. The predicted molar refractivity (Wildman–Crippen MR) is 81.7 cm³/mol. The molecular weight excluding hydrogens is 298 g/mol. The number of hydrogen-bond donors (Lipinski definition) is 2. The zero-order chi connectivity index (χ0) is 17.0. The topological polar surface area (TPSA) is 108 Å². The van der Waals surface area contributed by atoms with Crippen LogP contribution in [0.3, 0.4) is 0 Å². The van der Waals surface area contributed by atoms with Gasteiger partial charge in [0, 0.05) is 11.3 Å². The summed E-state index contributed by atoms with van der Waals surface area (Å²) in [5.74, 6) is -0.827. The standard InChI is InChI=1S/C16H17N3O4/c1-9-6-11(4-5-14(9)22-3)19-16(21)12(7-17)15(20)13-8-18-23-10(13)2/h4-6,8,12,15,20H,1-3H3,(H,19,21). The van der Waals surface area contributed by atoms with Gasteiger partial charge in [0.2, 0.25) is 5.91 Å². The van der Waals surface area contributed by atoms with Crippen LogP contribution in [0, 0.1) is 31.1 Å². The van der Waals surface area contributed by atoms with Crippen molar-refractivity contribution in [3.05, 3.63) is 41.3 Å². The van der Waals surface area contributed by atoms with Gasteiger partial charge in [-0.25, -0.2) is 0 Å². The van der Waals surface area contributed by atoms with Crippen LogP contribution in [0.15, 0.2) is 28.9 Å². The number of rotatable bonds is 5. The van der Waals surface area contributed by atoms with E-state index in [-0.39, 0.29) is 0 Å². The zero-order valence-electron chi connectivity index (χ0n) is 13.0. The Hall–Kier alpha value is -2.85. The van der Waals surface area contributed by atoms with Gasteiger partial charge >= 0.3 is 0 Å². The van der Waals surface area contributed by atoms with Crippen LogP contribution >= 0.6 is 0 Å². The van der Waals surface area contributed by atoms with Crippen molar-refractivity contribution in [2.75, 3.05) is 12.4 Å². The van der Waals surface area contributed by atoms with E-state index in [9.17, 15) is 15.2 Å². The average Bonchev–Trinajstić information content (AvgIpc) is 2.94. The molecule has 7 nitrogen and oxygen atoms in total. The maximum Gasteiger partial charge on any atom is 0.244 e. The number of benzene rings is 1. The number of methoxy groups -OCH3 is 1. The van der Waals surface area contributed by atoms with Gasteiger partial charge in [0.1, 0.15) is 17.6 Å². The number of nitrogens with zero attached hydrogens (tertiary/aromatic N) is 2. The number of aryl methyl sites for hydroxylation is 2. The van der Waals surface area contributed by atoms with Gasteiger partial charge in [0.05, 0.1) is 19.4 Å². The molecule has 2 atom stereocenters. The van der Waals surface area contributed by atoms with Crippen LogP contribution < -0.4 is 10.1 Å². The fraction of sp³-hybridized carbons (Fsp3) is 0.312. The number of aromatic nitrogens is 1. The Bertz CT molecular complexity index is 748. The van der Waals surface area contributed by atoms with Crippen LogP contribution in [0.1, 0.15) is 23.0 Å². The highest BCUT2D eigenvalue weighted by molar-refractivity contribution is 5.94. The van der Waals surface area contributed by atoms with E-state index >= 15 is 0 Å². The lowest BCUT2D eigenvalue weighted by Gasteiger charge is -2.16. The van der Waals surface area contributed by atoms with Gasteiger partial charge in [0.25, 0.3) is 0 Å². The lowest BCUT2D eigenvalue weighted by atomic mass is 9.97. The SMILES string of the molecule is COc1ccc(NC(=O)C(C#N)C(O)c2cnoc2C)cc1C. The highest BCUT2D eigenvalue weighted by Gasteiger charge is 2.30. The molecule has 2 N–H and O–H groups in total. The monoisotopic (exact) mass is 315 g/mol.